The molecule has 96 valence electrons. The van der Waals surface area contributed by atoms with E-state index in [0.29, 0.717) is 0 Å². The molecule has 2 aromatic carbocycles. The van der Waals surface area contributed by atoms with Crippen LogP contribution in [0, 0.1) is 0 Å². The standard InChI is InChI=1S/2C7H8O2.Ba/c2*1-9-7-4-2-6(8)3-5-7;/h2*2-5,8H,1H3;/q;;+2/p-2. The molecular formula is C14H14BaO4. The molecule has 0 N–H and O–H groups in total. The number of hydrogen-bond donors (Lipinski definition) is 0. The summed E-state index contributed by atoms with van der Waals surface area (Å²) >= 11 is 0. The number of rotatable bonds is 2. The van der Waals surface area contributed by atoms with Gasteiger partial charge in [-0.25, -0.2) is 0 Å². The molecule has 0 unspecified atom stereocenters. The van der Waals surface area contributed by atoms with Gasteiger partial charge < -0.3 is 19.7 Å². The summed E-state index contributed by atoms with van der Waals surface area (Å²) in [7, 11) is 3.14. The van der Waals surface area contributed by atoms with Crippen molar-refractivity contribution in [3.63, 3.8) is 0 Å². The number of methoxy groups -OCH3 is 2. The molecule has 0 fully saturated rings. The van der Waals surface area contributed by atoms with E-state index in [-0.39, 0.29) is 60.4 Å². The van der Waals surface area contributed by atoms with Gasteiger partial charge >= 0.3 is 48.9 Å². The molecule has 0 saturated carbocycles. The minimum absolute atomic E-state index is 0. The Balaban J connectivity index is 0.000000324. The molecule has 5 heteroatoms. The Labute approximate surface area is 153 Å². The van der Waals surface area contributed by atoms with Crippen LogP contribution in [0.4, 0.5) is 0 Å². The molecule has 4 nitrogen and oxygen atoms in total. The van der Waals surface area contributed by atoms with Crippen LogP contribution in [-0.4, -0.2) is 63.1 Å². The molecule has 0 aromatic heterocycles. The Bertz CT molecular complexity index is 408. The smallest absolute Gasteiger partial charge is 0.872 e. The number of benzene rings is 2. The minimum Gasteiger partial charge on any atom is -0.872 e. The van der Waals surface area contributed by atoms with E-state index in [2.05, 4.69) is 0 Å². The van der Waals surface area contributed by atoms with E-state index in [1.807, 2.05) is 0 Å². The van der Waals surface area contributed by atoms with Crippen LogP contribution >= 0.6 is 0 Å². The van der Waals surface area contributed by atoms with E-state index in [1.165, 1.54) is 24.3 Å². The second kappa shape index (κ2) is 10.1. The molecule has 0 aliphatic carbocycles. The number of ether oxygens (including phenoxy) is 2. The van der Waals surface area contributed by atoms with Crippen LogP contribution in [-0.2, 0) is 0 Å². The molecule has 0 atom stereocenters. The average Bonchev–Trinajstić information content (AvgIpc) is 2.41. The van der Waals surface area contributed by atoms with Crippen LogP contribution in [0.25, 0.3) is 0 Å². The fraction of sp³-hybridized carbons (Fsp3) is 0.143. The van der Waals surface area contributed by atoms with E-state index < -0.39 is 0 Å². The fourth-order valence-electron chi connectivity index (χ4n) is 1.15. The van der Waals surface area contributed by atoms with Gasteiger partial charge in [0.05, 0.1) is 14.2 Å². The van der Waals surface area contributed by atoms with Crippen molar-refractivity contribution in [1.29, 1.82) is 0 Å². The first kappa shape index (κ1) is 18.2. The quantitative estimate of drug-likeness (QED) is 0.730. The molecule has 2 aromatic rings. The molecule has 0 spiro atoms. The molecule has 19 heavy (non-hydrogen) atoms. The molecule has 0 bridgehead atoms. The average molecular weight is 384 g/mol. The van der Waals surface area contributed by atoms with Crippen LogP contribution in [0.15, 0.2) is 48.5 Å². The maximum atomic E-state index is 10.5. The van der Waals surface area contributed by atoms with Crippen LogP contribution in [0.5, 0.6) is 23.0 Å². The van der Waals surface area contributed by atoms with Crippen molar-refractivity contribution in [2.75, 3.05) is 14.2 Å². The first-order valence-corrected chi connectivity index (χ1v) is 5.28. The summed E-state index contributed by atoms with van der Waals surface area (Å²) in [5.41, 5.74) is 0. The van der Waals surface area contributed by atoms with Gasteiger partial charge in [0.25, 0.3) is 0 Å². The third-order valence-corrected chi connectivity index (χ3v) is 2.12. The molecule has 0 radical (unpaired) electrons. The molecule has 0 aliphatic heterocycles. The maximum Gasteiger partial charge on any atom is 2.00 e. The van der Waals surface area contributed by atoms with E-state index in [1.54, 1.807) is 38.5 Å². The van der Waals surface area contributed by atoms with Crippen molar-refractivity contribution in [3.05, 3.63) is 48.5 Å². The second-order valence-electron chi connectivity index (χ2n) is 3.35. The van der Waals surface area contributed by atoms with E-state index in [9.17, 15) is 10.2 Å². The zero-order valence-corrected chi connectivity index (χ0v) is 15.4. The Morgan fingerprint density at radius 3 is 1.11 bits per heavy atom. The van der Waals surface area contributed by atoms with Crippen LogP contribution < -0.4 is 19.7 Å². The van der Waals surface area contributed by atoms with Crippen molar-refractivity contribution in [1.82, 2.24) is 0 Å². The largest absolute Gasteiger partial charge is 2.00 e. The predicted octanol–water partition coefficient (Wildman–Crippen LogP) is 1.16. The van der Waals surface area contributed by atoms with Gasteiger partial charge in [0.1, 0.15) is 11.5 Å². The minimum atomic E-state index is 0. The summed E-state index contributed by atoms with van der Waals surface area (Å²) in [4.78, 5) is 0. The van der Waals surface area contributed by atoms with Crippen molar-refractivity contribution in [2.45, 2.75) is 0 Å². The van der Waals surface area contributed by atoms with E-state index >= 15 is 0 Å². The summed E-state index contributed by atoms with van der Waals surface area (Å²) in [5.74, 6) is 1.45. The van der Waals surface area contributed by atoms with E-state index in [0.717, 1.165) is 11.5 Å². The molecule has 2 rings (SSSR count). The SMILES string of the molecule is COc1ccc([O-])cc1.COc1ccc([O-])cc1.[Ba+2]. The molecule has 0 aliphatic rings. The number of hydrogen-bond acceptors (Lipinski definition) is 4. The van der Waals surface area contributed by atoms with Gasteiger partial charge in [-0.1, -0.05) is 24.3 Å². The monoisotopic (exact) mass is 384 g/mol. The third kappa shape index (κ3) is 7.39. The zero-order chi connectivity index (χ0) is 13.4. The molecule has 0 amide bonds. The Kier molecular flexibility index (Phi) is 9.64. The third-order valence-electron chi connectivity index (χ3n) is 2.12. The summed E-state index contributed by atoms with van der Waals surface area (Å²) in [6.07, 6.45) is 0. The first-order chi connectivity index (χ1) is 8.65. The summed E-state index contributed by atoms with van der Waals surface area (Å²) in [5, 5.41) is 21.0. The van der Waals surface area contributed by atoms with Crippen LogP contribution in [0.2, 0.25) is 0 Å². The van der Waals surface area contributed by atoms with Gasteiger partial charge in [0.2, 0.25) is 0 Å². The van der Waals surface area contributed by atoms with Crippen LogP contribution in [0.1, 0.15) is 0 Å². The fourth-order valence-corrected chi connectivity index (χ4v) is 1.15. The topological polar surface area (TPSA) is 64.6 Å². The Morgan fingerprint density at radius 2 is 0.895 bits per heavy atom. The first-order valence-electron chi connectivity index (χ1n) is 5.28. The van der Waals surface area contributed by atoms with Crippen molar-refractivity contribution in [3.8, 4) is 23.0 Å². The van der Waals surface area contributed by atoms with Gasteiger partial charge in [0, 0.05) is 0 Å². The Morgan fingerprint density at radius 1 is 0.632 bits per heavy atom. The summed E-state index contributed by atoms with van der Waals surface area (Å²) in [6, 6.07) is 12.4. The predicted molar refractivity (Wildman–Crippen MR) is 70.6 cm³/mol. The van der Waals surface area contributed by atoms with Gasteiger partial charge in [-0.3, -0.25) is 0 Å². The molecule has 0 heterocycles. The zero-order valence-electron chi connectivity index (χ0n) is 11.0. The second-order valence-corrected chi connectivity index (χ2v) is 3.35. The van der Waals surface area contributed by atoms with Crippen molar-refractivity contribution in [2.24, 2.45) is 0 Å². The normalized spacial score (nSPS) is 8.53. The summed E-state index contributed by atoms with van der Waals surface area (Å²) < 4.78 is 9.66. The van der Waals surface area contributed by atoms with Gasteiger partial charge in [0.15, 0.2) is 0 Å². The molecule has 0 saturated heterocycles. The Hall–Kier alpha value is -0.789. The van der Waals surface area contributed by atoms with Gasteiger partial charge in [-0.05, 0) is 24.3 Å². The van der Waals surface area contributed by atoms with Crippen LogP contribution in [0.3, 0.4) is 0 Å². The van der Waals surface area contributed by atoms with E-state index in [4.69, 9.17) is 9.47 Å². The van der Waals surface area contributed by atoms with Gasteiger partial charge in [-0.15, -0.1) is 11.5 Å². The maximum absolute atomic E-state index is 10.5. The molecular weight excluding hydrogens is 369 g/mol. The van der Waals surface area contributed by atoms with Crippen molar-refractivity contribution < 1.29 is 19.7 Å². The van der Waals surface area contributed by atoms with Crippen molar-refractivity contribution >= 4 is 48.9 Å². The van der Waals surface area contributed by atoms with Gasteiger partial charge in [-0.2, -0.15) is 0 Å². The summed E-state index contributed by atoms with van der Waals surface area (Å²) in [6.45, 7) is 0.